The molecule has 5 heteroatoms. The zero-order valence-corrected chi connectivity index (χ0v) is 10.5. The molecule has 2 aromatic rings. The maximum atomic E-state index is 11.8. The maximum absolute atomic E-state index is 11.8. The molecule has 17 heavy (non-hydrogen) atoms. The predicted octanol–water partition coefficient (Wildman–Crippen LogP) is 3.04. The molecule has 0 amide bonds. The average Bonchev–Trinajstić information content (AvgIpc) is 2.82. The summed E-state index contributed by atoms with van der Waals surface area (Å²) in [4.78, 5) is 11.8. The maximum Gasteiger partial charge on any atom is 0.339 e. The lowest BCUT2D eigenvalue weighted by Crippen LogP contribution is -2.06. The number of nitrogens with zero attached hydrogens (tertiary/aromatic N) is 2. The van der Waals surface area contributed by atoms with Gasteiger partial charge in [0.05, 0.1) is 16.9 Å². The van der Waals surface area contributed by atoms with Gasteiger partial charge in [0.2, 0.25) is 0 Å². The highest BCUT2D eigenvalue weighted by atomic mass is 32.1. The number of hydrogen-bond acceptors (Lipinski definition) is 5. The van der Waals surface area contributed by atoms with Crippen LogP contribution in [0.2, 0.25) is 0 Å². The van der Waals surface area contributed by atoms with E-state index in [1.54, 1.807) is 12.1 Å². The second-order valence-corrected chi connectivity index (χ2v) is 4.52. The summed E-state index contributed by atoms with van der Waals surface area (Å²) in [5.41, 5.74) is 1.31. The number of benzene rings is 1. The Labute approximate surface area is 104 Å². The van der Waals surface area contributed by atoms with Gasteiger partial charge in [-0.15, -0.1) is 5.10 Å². The monoisotopic (exact) mass is 250 g/mol. The Morgan fingerprint density at radius 2 is 2.29 bits per heavy atom. The smallest absolute Gasteiger partial charge is 0.339 e. The van der Waals surface area contributed by atoms with Gasteiger partial charge in [0, 0.05) is 0 Å². The van der Waals surface area contributed by atoms with Crippen LogP contribution in [0.5, 0.6) is 0 Å². The molecule has 0 saturated heterocycles. The number of fused-ring (bicyclic) bond motifs is 1. The topological polar surface area (TPSA) is 52.1 Å². The van der Waals surface area contributed by atoms with Crippen LogP contribution in [0.25, 0.3) is 10.2 Å². The number of ether oxygens (including phenoxy) is 1. The second-order valence-electron chi connectivity index (χ2n) is 3.77. The number of rotatable bonds is 5. The second kappa shape index (κ2) is 5.72. The van der Waals surface area contributed by atoms with Crippen LogP contribution in [0.3, 0.4) is 0 Å². The number of carbonyl (C=O) groups excluding carboxylic acids is 1. The SMILES string of the molecule is CCCCCOC(=O)c1cccc2nnsc12. The van der Waals surface area contributed by atoms with Crippen LogP contribution in [-0.2, 0) is 4.74 Å². The third kappa shape index (κ3) is 2.79. The van der Waals surface area contributed by atoms with E-state index in [0.717, 1.165) is 29.5 Å². The highest BCUT2D eigenvalue weighted by Gasteiger charge is 2.13. The highest BCUT2D eigenvalue weighted by Crippen LogP contribution is 2.20. The largest absolute Gasteiger partial charge is 0.462 e. The van der Waals surface area contributed by atoms with E-state index in [0.29, 0.717) is 12.2 Å². The van der Waals surface area contributed by atoms with Crippen molar-refractivity contribution < 1.29 is 9.53 Å². The molecule has 0 saturated carbocycles. The lowest BCUT2D eigenvalue weighted by atomic mass is 10.2. The van der Waals surface area contributed by atoms with Gasteiger partial charge < -0.3 is 4.74 Å². The summed E-state index contributed by atoms with van der Waals surface area (Å²) in [6.07, 6.45) is 3.12. The number of unbranched alkanes of at least 4 members (excludes halogenated alkanes) is 2. The molecule has 1 aromatic carbocycles. The van der Waals surface area contributed by atoms with Gasteiger partial charge >= 0.3 is 5.97 Å². The third-order valence-corrected chi connectivity index (χ3v) is 3.25. The molecular weight excluding hydrogens is 236 g/mol. The normalized spacial score (nSPS) is 10.6. The van der Waals surface area contributed by atoms with Crippen molar-refractivity contribution >= 4 is 27.7 Å². The first-order chi connectivity index (χ1) is 8.33. The molecule has 1 heterocycles. The minimum atomic E-state index is -0.280. The minimum absolute atomic E-state index is 0.280. The van der Waals surface area contributed by atoms with Gasteiger partial charge in [-0.3, -0.25) is 0 Å². The summed E-state index contributed by atoms with van der Waals surface area (Å²) in [6.45, 7) is 2.60. The fourth-order valence-corrected chi connectivity index (χ4v) is 2.22. The van der Waals surface area contributed by atoms with Crippen molar-refractivity contribution in [3.05, 3.63) is 23.8 Å². The van der Waals surface area contributed by atoms with Crippen LogP contribution in [0, 0.1) is 0 Å². The highest BCUT2D eigenvalue weighted by molar-refractivity contribution is 7.13. The van der Waals surface area contributed by atoms with Gasteiger partial charge in [0.1, 0.15) is 5.52 Å². The van der Waals surface area contributed by atoms with Crippen molar-refractivity contribution in [1.82, 2.24) is 9.59 Å². The van der Waals surface area contributed by atoms with Crippen LogP contribution in [0.4, 0.5) is 0 Å². The molecule has 2 rings (SSSR count). The van der Waals surface area contributed by atoms with E-state index < -0.39 is 0 Å². The zero-order chi connectivity index (χ0) is 12.1. The molecule has 0 aliphatic rings. The van der Waals surface area contributed by atoms with E-state index in [1.807, 2.05) is 6.07 Å². The van der Waals surface area contributed by atoms with Crippen LogP contribution in [0.15, 0.2) is 18.2 Å². The molecule has 0 spiro atoms. The summed E-state index contributed by atoms with van der Waals surface area (Å²) >= 11 is 1.22. The molecular formula is C12H14N2O2S. The Morgan fingerprint density at radius 3 is 3.12 bits per heavy atom. The van der Waals surface area contributed by atoms with Crippen molar-refractivity contribution in [2.45, 2.75) is 26.2 Å². The van der Waals surface area contributed by atoms with Crippen molar-refractivity contribution in [3.8, 4) is 0 Å². The molecule has 0 N–H and O–H groups in total. The van der Waals surface area contributed by atoms with E-state index in [1.165, 1.54) is 11.5 Å². The van der Waals surface area contributed by atoms with Crippen LogP contribution in [0.1, 0.15) is 36.5 Å². The number of aromatic nitrogens is 2. The fourth-order valence-electron chi connectivity index (χ4n) is 1.56. The zero-order valence-electron chi connectivity index (χ0n) is 9.68. The molecule has 0 atom stereocenters. The van der Waals surface area contributed by atoms with Crippen molar-refractivity contribution in [2.24, 2.45) is 0 Å². The van der Waals surface area contributed by atoms with Gasteiger partial charge in [-0.25, -0.2) is 4.79 Å². The summed E-state index contributed by atoms with van der Waals surface area (Å²) in [7, 11) is 0. The lowest BCUT2D eigenvalue weighted by molar-refractivity contribution is 0.0500. The van der Waals surface area contributed by atoms with Gasteiger partial charge in [0.25, 0.3) is 0 Å². The van der Waals surface area contributed by atoms with E-state index in [2.05, 4.69) is 16.5 Å². The molecule has 0 bridgehead atoms. The molecule has 0 aliphatic heterocycles. The molecule has 4 nitrogen and oxygen atoms in total. The Kier molecular flexibility index (Phi) is 4.03. The summed E-state index contributed by atoms with van der Waals surface area (Å²) in [6, 6.07) is 5.39. The summed E-state index contributed by atoms with van der Waals surface area (Å²) in [5, 5.41) is 3.93. The van der Waals surface area contributed by atoms with Gasteiger partial charge in [-0.1, -0.05) is 30.3 Å². The average molecular weight is 250 g/mol. The molecule has 0 unspecified atom stereocenters. The first kappa shape index (κ1) is 12.0. The Morgan fingerprint density at radius 1 is 1.41 bits per heavy atom. The van der Waals surface area contributed by atoms with Gasteiger partial charge in [-0.05, 0) is 30.1 Å². The van der Waals surface area contributed by atoms with Crippen molar-refractivity contribution in [2.75, 3.05) is 6.61 Å². The van der Waals surface area contributed by atoms with Crippen molar-refractivity contribution in [3.63, 3.8) is 0 Å². The standard InChI is InChI=1S/C12H14N2O2S/c1-2-3-4-8-16-12(15)9-6-5-7-10-11(9)17-14-13-10/h5-7H,2-4,8H2,1H3. The van der Waals surface area contributed by atoms with Gasteiger partial charge in [-0.2, -0.15) is 0 Å². The molecule has 1 aromatic heterocycles. The quantitative estimate of drug-likeness (QED) is 0.604. The number of carbonyl (C=O) groups is 1. The van der Waals surface area contributed by atoms with E-state index in [-0.39, 0.29) is 5.97 Å². The minimum Gasteiger partial charge on any atom is -0.462 e. The Balaban J connectivity index is 2.06. The predicted molar refractivity (Wildman–Crippen MR) is 67.2 cm³/mol. The Hall–Kier alpha value is -1.49. The van der Waals surface area contributed by atoms with Crippen molar-refractivity contribution in [1.29, 1.82) is 0 Å². The van der Waals surface area contributed by atoms with E-state index in [9.17, 15) is 4.79 Å². The number of hydrogen-bond donors (Lipinski definition) is 0. The molecule has 0 fully saturated rings. The first-order valence-electron chi connectivity index (χ1n) is 5.71. The summed E-state index contributed by atoms with van der Waals surface area (Å²) in [5.74, 6) is -0.280. The van der Waals surface area contributed by atoms with Gasteiger partial charge in [0.15, 0.2) is 0 Å². The molecule has 0 aliphatic carbocycles. The third-order valence-electron chi connectivity index (χ3n) is 2.48. The van der Waals surface area contributed by atoms with E-state index in [4.69, 9.17) is 4.74 Å². The van der Waals surface area contributed by atoms with Crippen LogP contribution in [-0.4, -0.2) is 22.2 Å². The first-order valence-corrected chi connectivity index (χ1v) is 6.48. The van der Waals surface area contributed by atoms with Crippen LogP contribution < -0.4 is 0 Å². The lowest BCUT2D eigenvalue weighted by Gasteiger charge is -2.04. The fraction of sp³-hybridized carbons (Fsp3) is 0.417. The summed E-state index contributed by atoms with van der Waals surface area (Å²) < 4.78 is 9.86. The number of esters is 1. The van der Waals surface area contributed by atoms with E-state index >= 15 is 0 Å². The Bertz CT molecular complexity index is 510. The molecule has 0 radical (unpaired) electrons. The molecule has 90 valence electrons. The van der Waals surface area contributed by atoms with Crippen LogP contribution >= 0.6 is 11.5 Å².